The van der Waals surface area contributed by atoms with Crippen LogP contribution in [-0.4, -0.2) is 28.2 Å². The third-order valence-corrected chi connectivity index (χ3v) is 2.52. The first-order valence-electron chi connectivity index (χ1n) is 5.92. The summed E-state index contributed by atoms with van der Waals surface area (Å²) >= 11 is 0. The molecule has 90 valence electrons. The minimum absolute atomic E-state index is 0.0136. The Kier molecular flexibility index (Phi) is 4.96. The minimum atomic E-state index is -0.0366. The third kappa shape index (κ3) is 3.33. The summed E-state index contributed by atoms with van der Waals surface area (Å²) in [5.74, 6) is -0.0230. The van der Waals surface area contributed by atoms with Gasteiger partial charge in [-0.1, -0.05) is 19.9 Å². The molecule has 0 aromatic carbocycles. The highest BCUT2D eigenvalue weighted by Crippen LogP contribution is 2.21. The molecule has 1 aliphatic rings. The average Bonchev–Trinajstić information content (AvgIpc) is 2.25. The zero-order chi connectivity index (χ0) is 12.0. The lowest BCUT2D eigenvalue weighted by Crippen LogP contribution is -2.20. The van der Waals surface area contributed by atoms with Crippen LogP contribution in [0.5, 0.6) is 0 Å². The van der Waals surface area contributed by atoms with Gasteiger partial charge >= 0.3 is 0 Å². The number of allylic oxidation sites excluding steroid dienone is 3. The number of aliphatic hydroxyl groups excluding tert-OH is 2. The van der Waals surface area contributed by atoms with Crippen molar-refractivity contribution >= 4 is 0 Å². The lowest BCUT2D eigenvalue weighted by atomic mass is 10.1. The zero-order valence-electron chi connectivity index (χ0n) is 10.1. The summed E-state index contributed by atoms with van der Waals surface area (Å²) in [6, 6.07) is 0. The molecule has 16 heavy (non-hydrogen) atoms. The van der Waals surface area contributed by atoms with E-state index in [2.05, 4.69) is 18.7 Å². The maximum absolute atomic E-state index is 9.71. The molecular weight excluding hydrogens is 202 g/mol. The normalized spacial score (nSPS) is 18.2. The van der Waals surface area contributed by atoms with Crippen molar-refractivity contribution in [1.82, 2.24) is 4.90 Å². The first kappa shape index (κ1) is 12.7. The van der Waals surface area contributed by atoms with Crippen molar-refractivity contribution in [3.63, 3.8) is 0 Å². The van der Waals surface area contributed by atoms with Gasteiger partial charge in [-0.3, -0.25) is 0 Å². The van der Waals surface area contributed by atoms with E-state index in [1.54, 1.807) is 0 Å². The molecule has 3 heteroatoms. The summed E-state index contributed by atoms with van der Waals surface area (Å²) in [6.45, 7) is 6.23. The summed E-state index contributed by atoms with van der Waals surface area (Å²) in [5.41, 5.74) is 0.793. The van der Waals surface area contributed by atoms with Crippen LogP contribution in [0.25, 0.3) is 0 Å². The minimum Gasteiger partial charge on any atom is -0.504 e. The molecule has 0 aromatic rings. The SMILES string of the molecule is CCCN(C=C1CC=CC(O)=C1O)CCC. The van der Waals surface area contributed by atoms with Gasteiger partial charge in [0, 0.05) is 24.9 Å². The van der Waals surface area contributed by atoms with E-state index in [0.29, 0.717) is 6.42 Å². The molecule has 0 amide bonds. The van der Waals surface area contributed by atoms with Crippen LogP contribution in [0.3, 0.4) is 0 Å². The Labute approximate surface area is 97.4 Å². The van der Waals surface area contributed by atoms with Crippen LogP contribution in [0.4, 0.5) is 0 Å². The Morgan fingerprint density at radius 3 is 2.44 bits per heavy atom. The predicted molar refractivity (Wildman–Crippen MR) is 66.3 cm³/mol. The molecule has 0 saturated carbocycles. The molecule has 0 bridgehead atoms. The Balaban J connectivity index is 2.77. The largest absolute Gasteiger partial charge is 0.504 e. The van der Waals surface area contributed by atoms with Crippen molar-refractivity contribution in [3.8, 4) is 0 Å². The fourth-order valence-corrected chi connectivity index (χ4v) is 1.79. The highest BCUT2D eigenvalue weighted by Gasteiger charge is 2.12. The fourth-order valence-electron chi connectivity index (χ4n) is 1.79. The molecule has 2 N–H and O–H groups in total. The lowest BCUT2D eigenvalue weighted by molar-refractivity contribution is 0.332. The molecule has 0 saturated heterocycles. The summed E-state index contributed by atoms with van der Waals surface area (Å²) in [6.07, 6.45) is 8.20. The molecule has 3 nitrogen and oxygen atoms in total. The monoisotopic (exact) mass is 223 g/mol. The van der Waals surface area contributed by atoms with E-state index < -0.39 is 0 Å². The van der Waals surface area contributed by atoms with E-state index in [9.17, 15) is 10.2 Å². The van der Waals surface area contributed by atoms with Gasteiger partial charge in [0.05, 0.1) is 0 Å². The number of hydrogen-bond acceptors (Lipinski definition) is 3. The van der Waals surface area contributed by atoms with Gasteiger partial charge in [0.15, 0.2) is 11.5 Å². The Morgan fingerprint density at radius 1 is 1.25 bits per heavy atom. The lowest BCUT2D eigenvalue weighted by Gasteiger charge is -2.21. The van der Waals surface area contributed by atoms with Gasteiger partial charge in [0.25, 0.3) is 0 Å². The van der Waals surface area contributed by atoms with Gasteiger partial charge in [-0.05, 0) is 25.3 Å². The molecule has 0 spiro atoms. The summed E-state index contributed by atoms with van der Waals surface area (Å²) < 4.78 is 0. The van der Waals surface area contributed by atoms with Crippen LogP contribution < -0.4 is 0 Å². The standard InChI is InChI=1S/C13H21NO2/c1-3-8-14(9-4-2)10-11-6-5-7-12(15)13(11)16/h5,7,10,15-16H,3-4,6,8-9H2,1-2H3. The van der Waals surface area contributed by atoms with Crippen molar-refractivity contribution in [2.24, 2.45) is 0 Å². The molecule has 0 aliphatic heterocycles. The van der Waals surface area contributed by atoms with Crippen LogP contribution in [0.2, 0.25) is 0 Å². The van der Waals surface area contributed by atoms with Gasteiger partial charge in [0.1, 0.15) is 0 Å². The third-order valence-electron chi connectivity index (χ3n) is 2.52. The molecule has 1 rings (SSSR count). The molecule has 0 fully saturated rings. The maximum Gasteiger partial charge on any atom is 0.162 e. The Bertz CT molecular complexity index is 310. The summed E-state index contributed by atoms with van der Waals surface area (Å²) in [5, 5.41) is 19.1. The van der Waals surface area contributed by atoms with E-state index in [-0.39, 0.29) is 11.5 Å². The van der Waals surface area contributed by atoms with Crippen molar-refractivity contribution in [2.45, 2.75) is 33.1 Å². The molecule has 0 radical (unpaired) electrons. The van der Waals surface area contributed by atoms with Crippen LogP contribution in [0.15, 0.2) is 35.4 Å². The Hall–Kier alpha value is -1.38. The molecule has 0 heterocycles. The number of hydrogen-bond donors (Lipinski definition) is 2. The first-order chi connectivity index (χ1) is 7.69. The second-order valence-corrected chi connectivity index (χ2v) is 4.03. The van der Waals surface area contributed by atoms with Gasteiger partial charge in [-0.2, -0.15) is 0 Å². The van der Waals surface area contributed by atoms with E-state index in [4.69, 9.17) is 0 Å². The van der Waals surface area contributed by atoms with Crippen molar-refractivity contribution in [3.05, 3.63) is 35.4 Å². The van der Waals surface area contributed by atoms with Crippen LogP contribution >= 0.6 is 0 Å². The van der Waals surface area contributed by atoms with Crippen molar-refractivity contribution in [2.75, 3.05) is 13.1 Å². The summed E-state index contributed by atoms with van der Waals surface area (Å²) in [7, 11) is 0. The van der Waals surface area contributed by atoms with Crippen molar-refractivity contribution < 1.29 is 10.2 Å². The summed E-state index contributed by atoms with van der Waals surface area (Å²) in [4.78, 5) is 2.19. The van der Waals surface area contributed by atoms with E-state index in [1.165, 1.54) is 6.08 Å². The predicted octanol–water partition coefficient (Wildman–Crippen LogP) is 3.28. The highest BCUT2D eigenvalue weighted by molar-refractivity contribution is 5.37. The fraction of sp³-hybridized carbons (Fsp3) is 0.538. The smallest absolute Gasteiger partial charge is 0.162 e. The highest BCUT2D eigenvalue weighted by atomic mass is 16.3. The molecule has 0 atom stereocenters. The topological polar surface area (TPSA) is 43.7 Å². The quantitative estimate of drug-likeness (QED) is 0.751. The van der Waals surface area contributed by atoms with Crippen LogP contribution in [0.1, 0.15) is 33.1 Å². The number of nitrogens with zero attached hydrogens (tertiary/aromatic N) is 1. The van der Waals surface area contributed by atoms with Gasteiger partial charge in [-0.15, -0.1) is 0 Å². The zero-order valence-corrected chi connectivity index (χ0v) is 10.1. The number of rotatable bonds is 5. The van der Waals surface area contributed by atoms with E-state index in [1.807, 2.05) is 12.3 Å². The molecule has 0 aromatic heterocycles. The first-order valence-corrected chi connectivity index (χ1v) is 5.92. The Morgan fingerprint density at radius 2 is 1.88 bits per heavy atom. The maximum atomic E-state index is 9.71. The molecule has 0 unspecified atom stereocenters. The molecule has 1 aliphatic carbocycles. The second kappa shape index (κ2) is 6.26. The van der Waals surface area contributed by atoms with Gasteiger partial charge < -0.3 is 15.1 Å². The second-order valence-electron chi connectivity index (χ2n) is 4.03. The average molecular weight is 223 g/mol. The van der Waals surface area contributed by atoms with Gasteiger partial charge in [0.2, 0.25) is 0 Å². The van der Waals surface area contributed by atoms with Crippen LogP contribution in [-0.2, 0) is 0 Å². The van der Waals surface area contributed by atoms with Crippen LogP contribution in [0, 0.1) is 0 Å². The van der Waals surface area contributed by atoms with Crippen molar-refractivity contribution in [1.29, 1.82) is 0 Å². The van der Waals surface area contributed by atoms with E-state index >= 15 is 0 Å². The number of aliphatic hydroxyl groups is 2. The van der Waals surface area contributed by atoms with E-state index in [0.717, 1.165) is 31.5 Å². The van der Waals surface area contributed by atoms with Gasteiger partial charge in [-0.25, -0.2) is 0 Å². The molecular formula is C13H21NO2.